The number of hydrogen-bond acceptors (Lipinski definition) is 3. The van der Waals surface area contributed by atoms with Crippen LogP contribution in [-0.4, -0.2) is 21.4 Å². The second-order valence-electron chi connectivity index (χ2n) is 5.36. The highest BCUT2D eigenvalue weighted by molar-refractivity contribution is 6.00. The van der Waals surface area contributed by atoms with Crippen LogP contribution in [0.4, 0.5) is 13.2 Å². The van der Waals surface area contributed by atoms with Crippen molar-refractivity contribution in [2.45, 2.75) is 33.5 Å². The highest BCUT2D eigenvalue weighted by atomic mass is 19.4. The van der Waals surface area contributed by atoms with Crippen molar-refractivity contribution in [1.29, 1.82) is 0 Å². The standard InChI is InChI=1S/C16H17F3N4O/c1-10-8-11(2)23(22-10)9-15(24)21-20-12(3)13-6-4-5-7-14(13)16(17,18)19/h4-8H,9H2,1-3H3,(H,21,24). The molecule has 0 aliphatic rings. The lowest BCUT2D eigenvalue weighted by atomic mass is 10.0. The molecular weight excluding hydrogens is 321 g/mol. The third-order valence-electron chi connectivity index (χ3n) is 3.37. The van der Waals surface area contributed by atoms with Crippen molar-refractivity contribution < 1.29 is 18.0 Å². The summed E-state index contributed by atoms with van der Waals surface area (Å²) in [6, 6.07) is 6.91. The Morgan fingerprint density at radius 3 is 2.54 bits per heavy atom. The molecule has 0 bridgehead atoms. The Hall–Kier alpha value is -2.64. The molecule has 0 spiro atoms. The van der Waals surface area contributed by atoms with E-state index in [4.69, 9.17) is 0 Å². The maximum atomic E-state index is 13.0. The zero-order chi connectivity index (χ0) is 17.9. The molecule has 0 unspecified atom stereocenters. The monoisotopic (exact) mass is 338 g/mol. The van der Waals surface area contributed by atoms with E-state index in [1.54, 1.807) is 13.8 Å². The molecule has 0 aliphatic heterocycles. The Morgan fingerprint density at radius 1 is 1.29 bits per heavy atom. The molecule has 1 aromatic carbocycles. The molecule has 2 rings (SSSR count). The van der Waals surface area contributed by atoms with Crippen LogP contribution >= 0.6 is 0 Å². The molecule has 5 nitrogen and oxygen atoms in total. The number of alkyl halides is 3. The van der Waals surface area contributed by atoms with Crippen LogP contribution in [0.5, 0.6) is 0 Å². The van der Waals surface area contributed by atoms with Crippen molar-refractivity contribution in [1.82, 2.24) is 15.2 Å². The quantitative estimate of drug-likeness (QED) is 0.688. The first kappa shape index (κ1) is 17.7. The minimum absolute atomic E-state index is 0.0582. The smallest absolute Gasteiger partial charge is 0.271 e. The third-order valence-corrected chi connectivity index (χ3v) is 3.37. The number of aryl methyl sites for hydroxylation is 2. The Kier molecular flexibility index (Phi) is 5.06. The average Bonchev–Trinajstić information content (AvgIpc) is 2.81. The molecule has 8 heteroatoms. The predicted octanol–water partition coefficient (Wildman–Crippen LogP) is 3.06. The van der Waals surface area contributed by atoms with Crippen molar-refractivity contribution in [2.75, 3.05) is 0 Å². The van der Waals surface area contributed by atoms with Gasteiger partial charge in [0.1, 0.15) is 6.54 Å². The van der Waals surface area contributed by atoms with Gasteiger partial charge in [0.15, 0.2) is 0 Å². The molecule has 0 aliphatic carbocycles. The largest absolute Gasteiger partial charge is 0.417 e. The molecule has 24 heavy (non-hydrogen) atoms. The first-order valence-corrected chi connectivity index (χ1v) is 7.19. The molecule has 1 N–H and O–H groups in total. The van der Waals surface area contributed by atoms with Crippen LogP contribution in [0.15, 0.2) is 35.4 Å². The van der Waals surface area contributed by atoms with Crippen molar-refractivity contribution in [2.24, 2.45) is 5.10 Å². The fraction of sp³-hybridized carbons (Fsp3) is 0.312. The molecule has 0 radical (unpaired) electrons. The van der Waals surface area contributed by atoms with Crippen molar-refractivity contribution in [3.8, 4) is 0 Å². The van der Waals surface area contributed by atoms with E-state index in [9.17, 15) is 18.0 Å². The topological polar surface area (TPSA) is 59.3 Å². The van der Waals surface area contributed by atoms with Gasteiger partial charge in [0, 0.05) is 11.3 Å². The lowest BCUT2D eigenvalue weighted by Crippen LogP contribution is -2.25. The molecule has 1 aromatic heterocycles. The van der Waals surface area contributed by atoms with Crippen LogP contribution < -0.4 is 5.43 Å². The second kappa shape index (κ2) is 6.86. The lowest BCUT2D eigenvalue weighted by molar-refractivity contribution is -0.137. The van der Waals surface area contributed by atoms with Gasteiger partial charge in [0.05, 0.1) is 17.0 Å². The summed E-state index contributed by atoms with van der Waals surface area (Å²) in [5, 5.41) is 7.92. The zero-order valence-corrected chi connectivity index (χ0v) is 13.5. The van der Waals surface area contributed by atoms with Crippen LogP contribution in [0.3, 0.4) is 0 Å². The molecule has 1 heterocycles. The number of nitrogens with zero attached hydrogens (tertiary/aromatic N) is 3. The number of rotatable bonds is 4. The fourth-order valence-electron chi connectivity index (χ4n) is 2.26. The van der Waals surface area contributed by atoms with Gasteiger partial charge in [-0.3, -0.25) is 9.48 Å². The third kappa shape index (κ3) is 4.21. The number of hydrazone groups is 1. The van der Waals surface area contributed by atoms with Crippen LogP contribution in [0.2, 0.25) is 0 Å². The van der Waals surface area contributed by atoms with Gasteiger partial charge >= 0.3 is 6.18 Å². The second-order valence-corrected chi connectivity index (χ2v) is 5.36. The Balaban J connectivity index is 2.12. The number of nitrogens with one attached hydrogen (secondary N) is 1. The van der Waals surface area contributed by atoms with E-state index in [0.717, 1.165) is 17.5 Å². The SMILES string of the molecule is CC(=NNC(=O)Cn1nc(C)cc1C)c1ccccc1C(F)(F)F. The number of hydrogen-bond donors (Lipinski definition) is 1. The van der Waals surface area contributed by atoms with Crippen LogP contribution in [-0.2, 0) is 17.5 Å². The summed E-state index contributed by atoms with van der Waals surface area (Å²) in [5.74, 6) is -0.468. The summed E-state index contributed by atoms with van der Waals surface area (Å²) < 4.78 is 40.5. The number of aromatic nitrogens is 2. The van der Waals surface area contributed by atoms with Crippen molar-refractivity contribution >= 4 is 11.6 Å². The highest BCUT2D eigenvalue weighted by Gasteiger charge is 2.33. The maximum Gasteiger partial charge on any atom is 0.417 e. The van der Waals surface area contributed by atoms with E-state index in [1.165, 1.54) is 29.8 Å². The molecule has 0 atom stereocenters. The van der Waals surface area contributed by atoms with Crippen LogP contribution in [0, 0.1) is 13.8 Å². The van der Waals surface area contributed by atoms with Crippen LogP contribution in [0.25, 0.3) is 0 Å². The van der Waals surface area contributed by atoms with Gasteiger partial charge in [-0.05, 0) is 32.9 Å². The number of amides is 1. The summed E-state index contributed by atoms with van der Waals surface area (Å²) >= 11 is 0. The molecular formula is C16H17F3N4O. The van der Waals surface area contributed by atoms with Gasteiger partial charge in [-0.15, -0.1) is 0 Å². The molecule has 128 valence electrons. The van der Waals surface area contributed by atoms with E-state index in [0.29, 0.717) is 0 Å². The van der Waals surface area contributed by atoms with Gasteiger partial charge in [-0.2, -0.15) is 23.4 Å². The summed E-state index contributed by atoms with van der Waals surface area (Å²) in [6.07, 6.45) is -4.49. The molecule has 0 saturated heterocycles. The summed E-state index contributed by atoms with van der Waals surface area (Å²) in [4.78, 5) is 11.9. The Morgan fingerprint density at radius 2 is 1.96 bits per heavy atom. The van der Waals surface area contributed by atoms with E-state index in [-0.39, 0.29) is 17.8 Å². The predicted molar refractivity (Wildman–Crippen MR) is 83.5 cm³/mol. The first-order valence-electron chi connectivity index (χ1n) is 7.19. The van der Waals surface area contributed by atoms with E-state index in [1.807, 2.05) is 6.07 Å². The normalized spacial score (nSPS) is 12.3. The molecule has 0 saturated carbocycles. The summed E-state index contributed by atoms with van der Waals surface area (Å²) in [6.45, 7) is 4.96. The minimum Gasteiger partial charge on any atom is -0.271 e. The first-order chi connectivity index (χ1) is 11.2. The lowest BCUT2D eigenvalue weighted by Gasteiger charge is -2.12. The number of benzene rings is 1. The van der Waals surface area contributed by atoms with E-state index in [2.05, 4.69) is 15.6 Å². The van der Waals surface area contributed by atoms with Crippen molar-refractivity contribution in [3.63, 3.8) is 0 Å². The molecule has 0 fully saturated rings. The van der Waals surface area contributed by atoms with Gasteiger partial charge in [-0.1, -0.05) is 18.2 Å². The Labute approximate surface area is 137 Å². The van der Waals surface area contributed by atoms with E-state index < -0.39 is 17.6 Å². The van der Waals surface area contributed by atoms with Gasteiger partial charge < -0.3 is 0 Å². The number of halogens is 3. The zero-order valence-electron chi connectivity index (χ0n) is 13.5. The summed E-state index contributed by atoms with van der Waals surface area (Å²) in [7, 11) is 0. The van der Waals surface area contributed by atoms with Gasteiger partial charge in [-0.25, -0.2) is 5.43 Å². The van der Waals surface area contributed by atoms with Gasteiger partial charge in [0.2, 0.25) is 0 Å². The minimum atomic E-state index is -4.49. The number of carbonyl (C=O) groups excluding carboxylic acids is 1. The molecule has 1 amide bonds. The maximum absolute atomic E-state index is 13.0. The highest BCUT2D eigenvalue weighted by Crippen LogP contribution is 2.32. The average molecular weight is 338 g/mol. The number of carbonyl (C=O) groups is 1. The van der Waals surface area contributed by atoms with E-state index >= 15 is 0 Å². The van der Waals surface area contributed by atoms with Gasteiger partial charge in [0.25, 0.3) is 5.91 Å². The Bertz CT molecular complexity index is 778. The van der Waals surface area contributed by atoms with Crippen LogP contribution in [0.1, 0.15) is 29.4 Å². The fourth-order valence-corrected chi connectivity index (χ4v) is 2.26. The van der Waals surface area contributed by atoms with Crippen molar-refractivity contribution in [3.05, 3.63) is 52.8 Å². The molecule has 2 aromatic rings. The summed E-state index contributed by atoms with van der Waals surface area (Å²) in [5.41, 5.74) is 3.06.